The van der Waals surface area contributed by atoms with Crippen LogP contribution < -0.4 is 5.32 Å². The molecule has 5 nitrogen and oxygen atoms in total. The summed E-state index contributed by atoms with van der Waals surface area (Å²) in [6.45, 7) is 7.00. The van der Waals surface area contributed by atoms with Gasteiger partial charge in [-0.05, 0) is 38.6 Å². The normalized spacial score (nSPS) is 11.8. The van der Waals surface area contributed by atoms with E-state index in [-0.39, 0.29) is 33.2 Å². The molecule has 2 rings (SSSR count). The number of carbonyl (C=O) groups is 1. The second kappa shape index (κ2) is 7.54. The van der Waals surface area contributed by atoms with E-state index in [9.17, 15) is 9.18 Å². The Hall–Kier alpha value is -1.92. The zero-order chi connectivity index (χ0) is 18.8. The molecule has 0 saturated carbocycles. The fourth-order valence-corrected chi connectivity index (χ4v) is 3.11. The Morgan fingerprint density at radius 2 is 2.08 bits per heavy atom. The summed E-state index contributed by atoms with van der Waals surface area (Å²) in [7, 11) is 3.96. The third-order valence-electron chi connectivity index (χ3n) is 3.76. The Bertz CT molecular complexity index is 751. The largest absolute Gasteiger partial charge is 0.360 e. The lowest BCUT2D eigenvalue weighted by Crippen LogP contribution is -2.40. The number of amides is 1. The van der Waals surface area contributed by atoms with E-state index in [1.807, 2.05) is 14.1 Å². The van der Waals surface area contributed by atoms with Gasteiger partial charge in [-0.3, -0.25) is 4.79 Å². The van der Waals surface area contributed by atoms with E-state index in [1.165, 1.54) is 12.1 Å². The first-order valence-electron chi connectivity index (χ1n) is 7.96. The van der Waals surface area contributed by atoms with Gasteiger partial charge in [-0.1, -0.05) is 36.7 Å². The molecule has 0 bridgehead atoms. The van der Waals surface area contributed by atoms with Crippen molar-refractivity contribution in [3.63, 3.8) is 0 Å². The standard InChI is InChI=1S/C18H23ClFN3O2/c1-11-14(17(24)21-9-18(2,3)10-23(4)5)16(22-25-11)15-12(19)7-6-8-13(15)20/h6-8H,9-10H2,1-5H3,(H,21,24). The molecule has 1 N–H and O–H groups in total. The number of nitrogens with zero attached hydrogens (tertiary/aromatic N) is 2. The molecule has 1 aromatic carbocycles. The number of rotatable bonds is 6. The monoisotopic (exact) mass is 367 g/mol. The Balaban J connectivity index is 2.29. The van der Waals surface area contributed by atoms with Gasteiger partial charge in [0.15, 0.2) is 0 Å². The lowest BCUT2D eigenvalue weighted by Gasteiger charge is -2.28. The lowest BCUT2D eigenvalue weighted by atomic mass is 9.92. The van der Waals surface area contributed by atoms with E-state index in [0.29, 0.717) is 12.3 Å². The van der Waals surface area contributed by atoms with Gasteiger partial charge in [0.1, 0.15) is 22.8 Å². The zero-order valence-electron chi connectivity index (χ0n) is 15.1. The average Bonchev–Trinajstić information content (AvgIpc) is 2.85. The fourth-order valence-electron chi connectivity index (χ4n) is 2.85. The molecule has 0 radical (unpaired) electrons. The van der Waals surface area contributed by atoms with Crippen molar-refractivity contribution in [2.75, 3.05) is 27.2 Å². The summed E-state index contributed by atoms with van der Waals surface area (Å²) in [5, 5.41) is 6.92. The number of aryl methyl sites for hydroxylation is 1. The van der Waals surface area contributed by atoms with Crippen LogP contribution in [0, 0.1) is 18.2 Å². The van der Waals surface area contributed by atoms with Crippen LogP contribution in [0.2, 0.25) is 5.02 Å². The van der Waals surface area contributed by atoms with Gasteiger partial charge in [-0.2, -0.15) is 0 Å². The molecule has 0 fully saturated rings. The van der Waals surface area contributed by atoms with Gasteiger partial charge >= 0.3 is 0 Å². The minimum Gasteiger partial charge on any atom is -0.360 e. The Morgan fingerprint density at radius 3 is 2.68 bits per heavy atom. The van der Waals surface area contributed by atoms with Crippen LogP contribution in [0.1, 0.15) is 30.0 Å². The van der Waals surface area contributed by atoms with Gasteiger partial charge in [0.05, 0.1) is 10.6 Å². The van der Waals surface area contributed by atoms with Crippen molar-refractivity contribution in [1.82, 2.24) is 15.4 Å². The first-order valence-corrected chi connectivity index (χ1v) is 8.34. The van der Waals surface area contributed by atoms with Crippen LogP contribution in [-0.4, -0.2) is 43.1 Å². The van der Waals surface area contributed by atoms with Crippen LogP contribution in [-0.2, 0) is 0 Å². The van der Waals surface area contributed by atoms with E-state index < -0.39 is 5.82 Å². The van der Waals surface area contributed by atoms with E-state index in [2.05, 4.69) is 29.2 Å². The van der Waals surface area contributed by atoms with Crippen LogP contribution in [0.15, 0.2) is 22.7 Å². The van der Waals surface area contributed by atoms with Crippen LogP contribution in [0.4, 0.5) is 4.39 Å². The van der Waals surface area contributed by atoms with Gasteiger partial charge in [0.2, 0.25) is 0 Å². The number of hydrogen-bond donors (Lipinski definition) is 1. The number of benzene rings is 1. The molecule has 1 heterocycles. The van der Waals surface area contributed by atoms with Crippen molar-refractivity contribution in [3.05, 3.63) is 40.4 Å². The van der Waals surface area contributed by atoms with Gasteiger partial charge in [-0.15, -0.1) is 0 Å². The lowest BCUT2D eigenvalue weighted by molar-refractivity contribution is 0.0928. The summed E-state index contributed by atoms with van der Waals surface area (Å²) in [6.07, 6.45) is 0. The quantitative estimate of drug-likeness (QED) is 0.844. The fraction of sp³-hybridized carbons (Fsp3) is 0.444. The molecule has 0 aliphatic rings. The Morgan fingerprint density at radius 1 is 1.40 bits per heavy atom. The number of halogens is 2. The van der Waals surface area contributed by atoms with Gasteiger partial charge in [0, 0.05) is 13.1 Å². The summed E-state index contributed by atoms with van der Waals surface area (Å²) in [5.74, 6) is -0.597. The molecular weight excluding hydrogens is 345 g/mol. The second-order valence-corrected chi connectivity index (χ2v) is 7.55. The smallest absolute Gasteiger partial charge is 0.257 e. The van der Waals surface area contributed by atoms with Crippen molar-refractivity contribution >= 4 is 17.5 Å². The number of aromatic nitrogens is 1. The van der Waals surface area contributed by atoms with Crippen molar-refractivity contribution in [2.45, 2.75) is 20.8 Å². The molecule has 2 aromatic rings. The van der Waals surface area contributed by atoms with E-state index >= 15 is 0 Å². The van der Waals surface area contributed by atoms with E-state index in [0.717, 1.165) is 6.54 Å². The number of nitrogens with one attached hydrogen (secondary N) is 1. The first kappa shape index (κ1) is 19.4. The molecule has 0 aliphatic heterocycles. The third-order valence-corrected chi connectivity index (χ3v) is 4.08. The molecule has 0 atom stereocenters. The molecule has 0 saturated heterocycles. The summed E-state index contributed by atoms with van der Waals surface area (Å²) >= 11 is 6.10. The van der Waals surface area contributed by atoms with E-state index in [1.54, 1.807) is 13.0 Å². The van der Waals surface area contributed by atoms with Crippen molar-refractivity contribution in [1.29, 1.82) is 0 Å². The minimum absolute atomic E-state index is 0.0683. The summed E-state index contributed by atoms with van der Waals surface area (Å²) in [6, 6.07) is 4.32. The molecule has 1 amide bonds. The maximum Gasteiger partial charge on any atom is 0.257 e. The summed E-state index contributed by atoms with van der Waals surface area (Å²) in [4.78, 5) is 14.7. The molecule has 7 heteroatoms. The van der Waals surface area contributed by atoms with Crippen LogP contribution in [0.3, 0.4) is 0 Å². The maximum atomic E-state index is 14.2. The van der Waals surface area contributed by atoms with Gasteiger partial charge in [0.25, 0.3) is 5.91 Å². The topological polar surface area (TPSA) is 58.4 Å². The molecule has 136 valence electrons. The highest BCUT2D eigenvalue weighted by atomic mass is 35.5. The maximum absolute atomic E-state index is 14.2. The summed E-state index contributed by atoms with van der Waals surface area (Å²) in [5.41, 5.74) is 0.259. The first-order chi connectivity index (χ1) is 11.6. The van der Waals surface area contributed by atoms with Gasteiger partial charge in [-0.25, -0.2) is 4.39 Å². The highest BCUT2D eigenvalue weighted by molar-refractivity contribution is 6.33. The van der Waals surface area contributed by atoms with Crippen LogP contribution >= 0.6 is 11.6 Å². The Kier molecular flexibility index (Phi) is 5.85. The molecule has 0 unspecified atom stereocenters. The highest BCUT2D eigenvalue weighted by Crippen LogP contribution is 2.33. The minimum atomic E-state index is -0.553. The van der Waals surface area contributed by atoms with Crippen LogP contribution in [0.5, 0.6) is 0 Å². The van der Waals surface area contributed by atoms with Gasteiger partial charge < -0.3 is 14.7 Å². The average molecular weight is 368 g/mol. The molecule has 0 spiro atoms. The van der Waals surface area contributed by atoms with Crippen molar-refractivity contribution < 1.29 is 13.7 Å². The Labute approximate surface area is 152 Å². The van der Waals surface area contributed by atoms with Crippen molar-refractivity contribution in [2.24, 2.45) is 5.41 Å². The molecule has 25 heavy (non-hydrogen) atoms. The molecule has 1 aromatic heterocycles. The molecular formula is C18H23ClFN3O2. The number of hydrogen-bond acceptors (Lipinski definition) is 4. The highest BCUT2D eigenvalue weighted by Gasteiger charge is 2.27. The third kappa shape index (κ3) is 4.58. The van der Waals surface area contributed by atoms with Crippen molar-refractivity contribution in [3.8, 4) is 11.3 Å². The molecule has 0 aliphatic carbocycles. The predicted octanol–water partition coefficient (Wildman–Crippen LogP) is 3.76. The zero-order valence-corrected chi connectivity index (χ0v) is 15.9. The summed E-state index contributed by atoms with van der Waals surface area (Å²) < 4.78 is 19.3. The van der Waals surface area contributed by atoms with E-state index in [4.69, 9.17) is 16.1 Å². The second-order valence-electron chi connectivity index (χ2n) is 7.14. The SMILES string of the molecule is Cc1onc(-c2c(F)cccc2Cl)c1C(=O)NCC(C)(C)CN(C)C. The van der Waals surface area contributed by atoms with Crippen LogP contribution in [0.25, 0.3) is 11.3 Å². The predicted molar refractivity (Wildman–Crippen MR) is 96.3 cm³/mol. The number of carbonyl (C=O) groups excluding carboxylic acids is 1.